The molecule has 0 saturated carbocycles. The smallest absolute Gasteiger partial charge is 0.342 e. The number of esters is 1. The van der Waals surface area contributed by atoms with Gasteiger partial charge in [-0.2, -0.15) is 0 Å². The lowest BCUT2D eigenvalue weighted by atomic mass is 10.2. The van der Waals surface area contributed by atoms with E-state index in [2.05, 4.69) is 5.32 Å². The first-order chi connectivity index (χ1) is 11.9. The highest BCUT2D eigenvalue weighted by atomic mass is 35.5. The van der Waals surface area contributed by atoms with Gasteiger partial charge < -0.3 is 14.8 Å². The number of benzene rings is 2. The van der Waals surface area contributed by atoms with Crippen molar-refractivity contribution in [2.45, 2.75) is 6.92 Å². The van der Waals surface area contributed by atoms with Crippen LogP contribution in [0.3, 0.4) is 0 Å². The average molecular weight is 403 g/mol. The quantitative estimate of drug-likeness (QED) is 0.554. The molecule has 0 aliphatic heterocycles. The molecule has 0 fully saturated rings. The van der Waals surface area contributed by atoms with Crippen LogP contribution in [0.5, 0.6) is 5.75 Å². The minimum Gasteiger partial charge on any atom is -0.493 e. The number of ether oxygens (including phenoxy) is 2. The summed E-state index contributed by atoms with van der Waals surface area (Å²) in [6, 6.07) is 9.44. The normalized spacial score (nSPS) is 10.2. The lowest BCUT2D eigenvalue weighted by Gasteiger charge is -2.11. The van der Waals surface area contributed by atoms with E-state index in [-0.39, 0.29) is 26.3 Å². The molecule has 5 nitrogen and oxygen atoms in total. The fraction of sp³-hybridized carbons (Fsp3) is 0.176. The maximum Gasteiger partial charge on any atom is 0.342 e. The first-order valence-electron chi connectivity index (χ1n) is 7.25. The summed E-state index contributed by atoms with van der Waals surface area (Å²) in [5.41, 5.74) is 0.511. The van der Waals surface area contributed by atoms with E-state index in [1.165, 1.54) is 12.1 Å². The SMILES string of the molecule is CCOc1ccccc1C(=O)OCC(=O)Nc1cc(Cl)c(Cl)cc1Cl. The van der Waals surface area contributed by atoms with Gasteiger partial charge in [-0.1, -0.05) is 46.9 Å². The van der Waals surface area contributed by atoms with Crippen molar-refractivity contribution in [2.75, 3.05) is 18.5 Å². The average Bonchev–Trinajstić information content (AvgIpc) is 2.58. The Labute approximate surface area is 159 Å². The summed E-state index contributed by atoms with van der Waals surface area (Å²) in [5, 5.41) is 3.23. The minimum absolute atomic E-state index is 0.218. The predicted molar refractivity (Wildman–Crippen MR) is 98.0 cm³/mol. The van der Waals surface area contributed by atoms with Crippen molar-refractivity contribution < 1.29 is 19.1 Å². The van der Waals surface area contributed by atoms with Gasteiger partial charge >= 0.3 is 5.97 Å². The number of hydrogen-bond donors (Lipinski definition) is 1. The highest BCUT2D eigenvalue weighted by molar-refractivity contribution is 6.44. The predicted octanol–water partition coefficient (Wildman–Crippen LogP) is 4.84. The number of halogens is 3. The topological polar surface area (TPSA) is 64.6 Å². The zero-order chi connectivity index (χ0) is 18.4. The monoisotopic (exact) mass is 401 g/mol. The molecule has 0 aromatic heterocycles. The maximum absolute atomic E-state index is 12.1. The number of amides is 1. The van der Waals surface area contributed by atoms with Gasteiger partial charge in [0.25, 0.3) is 5.91 Å². The summed E-state index contributed by atoms with van der Waals surface area (Å²) < 4.78 is 10.4. The van der Waals surface area contributed by atoms with E-state index in [4.69, 9.17) is 44.3 Å². The van der Waals surface area contributed by atoms with Crippen LogP contribution in [-0.2, 0) is 9.53 Å². The summed E-state index contributed by atoms with van der Waals surface area (Å²) >= 11 is 17.7. The van der Waals surface area contributed by atoms with Crippen molar-refractivity contribution in [2.24, 2.45) is 0 Å². The fourth-order valence-corrected chi connectivity index (χ4v) is 2.52. The molecule has 1 amide bonds. The molecule has 8 heteroatoms. The van der Waals surface area contributed by atoms with Crippen LogP contribution in [0, 0.1) is 0 Å². The Bertz CT molecular complexity index is 795. The number of nitrogens with one attached hydrogen (secondary N) is 1. The van der Waals surface area contributed by atoms with Crippen LogP contribution >= 0.6 is 34.8 Å². The summed E-state index contributed by atoms with van der Waals surface area (Å²) in [7, 11) is 0. The van der Waals surface area contributed by atoms with Gasteiger partial charge in [-0.3, -0.25) is 4.79 Å². The molecule has 0 radical (unpaired) electrons. The van der Waals surface area contributed by atoms with Crippen molar-refractivity contribution in [3.63, 3.8) is 0 Å². The molecule has 0 bridgehead atoms. The van der Waals surface area contributed by atoms with Crippen molar-refractivity contribution in [3.05, 3.63) is 57.0 Å². The molecule has 0 saturated heterocycles. The zero-order valence-electron chi connectivity index (χ0n) is 13.1. The van der Waals surface area contributed by atoms with Crippen LogP contribution < -0.4 is 10.1 Å². The van der Waals surface area contributed by atoms with Crippen LogP contribution in [0.4, 0.5) is 5.69 Å². The first-order valence-corrected chi connectivity index (χ1v) is 8.39. The van der Waals surface area contributed by atoms with Gasteiger partial charge in [0.05, 0.1) is 27.4 Å². The van der Waals surface area contributed by atoms with E-state index in [1.807, 2.05) is 0 Å². The van der Waals surface area contributed by atoms with E-state index in [0.29, 0.717) is 12.4 Å². The number of anilines is 1. The van der Waals surface area contributed by atoms with Gasteiger partial charge in [-0.25, -0.2) is 4.79 Å². The number of carbonyl (C=O) groups is 2. The molecule has 2 aromatic rings. The molecule has 2 rings (SSSR count). The van der Waals surface area contributed by atoms with Crippen LogP contribution in [-0.4, -0.2) is 25.1 Å². The molecule has 1 N–H and O–H groups in total. The molecule has 0 heterocycles. The van der Waals surface area contributed by atoms with Crippen LogP contribution in [0.1, 0.15) is 17.3 Å². The van der Waals surface area contributed by atoms with E-state index in [9.17, 15) is 9.59 Å². The standard InChI is InChI=1S/C17H14Cl3NO4/c1-2-24-15-6-4-3-5-10(15)17(23)25-9-16(22)21-14-8-12(19)11(18)7-13(14)20/h3-8H,2,9H2,1H3,(H,21,22). The molecule has 0 spiro atoms. The highest BCUT2D eigenvalue weighted by Gasteiger charge is 2.16. The van der Waals surface area contributed by atoms with Crippen molar-refractivity contribution in [1.82, 2.24) is 0 Å². The van der Waals surface area contributed by atoms with Crippen LogP contribution in [0.15, 0.2) is 36.4 Å². The third-order valence-electron chi connectivity index (χ3n) is 3.03. The Hall–Kier alpha value is -1.95. The molecule has 0 aliphatic rings. The van der Waals surface area contributed by atoms with Gasteiger partial charge in [0, 0.05) is 0 Å². The lowest BCUT2D eigenvalue weighted by molar-refractivity contribution is -0.119. The Morgan fingerprint density at radius 3 is 2.44 bits per heavy atom. The molecular weight excluding hydrogens is 389 g/mol. The molecule has 25 heavy (non-hydrogen) atoms. The van der Waals surface area contributed by atoms with E-state index >= 15 is 0 Å². The largest absolute Gasteiger partial charge is 0.493 e. The van der Waals surface area contributed by atoms with E-state index < -0.39 is 18.5 Å². The lowest BCUT2D eigenvalue weighted by Crippen LogP contribution is -2.21. The van der Waals surface area contributed by atoms with Gasteiger partial charge in [0.1, 0.15) is 11.3 Å². The summed E-state index contributed by atoms with van der Waals surface area (Å²) in [4.78, 5) is 24.1. The molecule has 2 aromatic carbocycles. The summed E-state index contributed by atoms with van der Waals surface area (Å²) in [6.07, 6.45) is 0. The maximum atomic E-state index is 12.1. The molecule has 0 unspecified atom stereocenters. The van der Waals surface area contributed by atoms with E-state index in [0.717, 1.165) is 0 Å². The summed E-state index contributed by atoms with van der Waals surface area (Å²) in [5.74, 6) is -0.843. The number of para-hydroxylation sites is 1. The third-order valence-corrected chi connectivity index (χ3v) is 4.06. The third kappa shape index (κ3) is 5.26. The highest BCUT2D eigenvalue weighted by Crippen LogP contribution is 2.32. The Morgan fingerprint density at radius 2 is 1.72 bits per heavy atom. The van der Waals surface area contributed by atoms with Gasteiger partial charge in [0.15, 0.2) is 6.61 Å². The second-order valence-corrected chi connectivity index (χ2v) is 6.02. The molecule has 0 atom stereocenters. The number of carbonyl (C=O) groups excluding carboxylic acids is 2. The summed E-state index contributed by atoms with van der Waals surface area (Å²) in [6.45, 7) is 1.72. The fourth-order valence-electron chi connectivity index (χ4n) is 1.93. The second kappa shape index (κ2) is 8.94. The minimum atomic E-state index is -0.667. The Kier molecular flexibility index (Phi) is 6.93. The van der Waals surface area contributed by atoms with Gasteiger partial charge in [0.2, 0.25) is 0 Å². The second-order valence-electron chi connectivity index (χ2n) is 4.80. The molecule has 132 valence electrons. The molecule has 0 aliphatic carbocycles. The number of hydrogen-bond acceptors (Lipinski definition) is 4. The molecular formula is C17H14Cl3NO4. The Balaban J connectivity index is 1.98. The van der Waals surface area contributed by atoms with Crippen molar-refractivity contribution >= 4 is 52.4 Å². The van der Waals surface area contributed by atoms with Gasteiger partial charge in [-0.15, -0.1) is 0 Å². The van der Waals surface area contributed by atoms with Crippen LogP contribution in [0.2, 0.25) is 15.1 Å². The van der Waals surface area contributed by atoms with Crippen LogP contribution in [0.25, 0.3) is 0 Å². The van der Waals surface area contributed by atoms with E-state index in [1.54, 1.807) is 31.2 Å². The van der Waals surface area contributed by atoms with Gasteiger partial charge in [-0.05, 0) is 31.2 Å². The Morgan fingerprint density at radius 1 is 1.04 bits per heavy atom. The van der Waals surface area contributed by atoms with Crippen molar-refractivity contribution in [3.8, 4) is 5.75 Å². The zero-order valence-corrected chi connectivity index (χ0v) is 15.4. The number of rotatable bonds is 6. The van der Waals surface area contributed by atoms with Crippen molar-refractivity contribution in [1.29, 1.82) is 0 Å². The first kappa shape index (κ1) is 19.4.